The van der Waals surface area contributed by atoms with Crippen molar-refractivity contribution in [3.63, 3.8) is 0 Å². The highest BCUT2D eigenvalue weighted by atomic mass is 28.1. The van der Waals surface area contributed by atoms with E-state index in [0.717, 1.165) is 15.1 Å². The van der Waals surface area contributed by atoms with Crippen LogP contribution in [0.5, 0.6) is 0 Å². The lowest BCUT2D eigenvalue weighted by atomic mass is 10.2. The summed E-state index contributed by atoms with van der Waals surface area (Å²) in [4.78, 5) is 21.5. The van der Waals surface area contributed by atoms with Crippen molar-refractivity contribution in [2.45, 2.75) is 5.54 Å². The third kappa shape index (κ3) is 0.828. The van der Waals surface area contributed by atoms with Gasteiger partial charge in [0.1, 0.15) is 0 Å². The van der Waals surface area contributed by atoms with E-state index >= 15 is 0 Å². The summed E-state index contributed by atoms with van der Waals surface area (Å²) in [5.74, 6) is -0.228. The molecule has 50 valence electrons. The molecule has 1 unspecified atom stereocenters. The molecular formula is C4H7NO3Si. The van der Waals surface area contributed by atoms with E-state index in [4.69, 9.17) is 5.11 Å². The van der Waals surface area contributed by atoms with Gasteiger partial charge in [-0.15, -0.1) is 0 Å². The third-order valence-electron chi connectivity index (χ3n) is 1.37. The van der Waals surface area contributed by atoms with Crippen molar-refractivity contribution < 1.29 is 14.7 Å². The maximum Gasteiger partial charge on any atom is 0.414 e. The minimum atomic E-state index is -1.12. The van der Waals surface area contributed by atoms with Crippen LogP contribution in [0.2, 0.25) is 5.54 Å². The molecule has 0 spiro atoms. The minimum absolute atomic E-state index is 0.0427. The molecule has 1 N–H and O–H groups in total. The van der Waals surface area contributed by atoms with Gasteiger partial charge in [-0.2, -0.15) is 0 Å². The van der Waals surface area contributed by atoms with Crippen molar-refractivity contribution in [3.8, 4) is 0 Å². The van der Waals surface area contributed by atoms with Crippen molar-refractivity contribution in [3.05, 3.63) is 0 Å². The van der Waals surface area contributed by atoms with Gasteiger partial charge in [0.05, 0.1) is 0 Å². The molecule has 0 aromatic carbocycles. The summed E-state index contributed by atoms with van der Waals surface area (Å²) in [6, 6.07) is 0. The highest BCUT2D eigenvalue weighted by molar-refractivity contribution is 6.28. The van der Waals surface area contributed by atoms with E-state index < -0.39 is 6.09 Å². The monoisotopic (exact) mass is 145 g/mol. The van der Waals surface area contributed by atoms with E-state index in [9.17, 15) is 9.59 Å². The Bertz CT molecular complexity index is 169. The summed E-state index contributed by atoms with van der Waals surface area (Å²) >= 11 is 0. The maximum absolute atomic E-state index is 10.6. The van der Waals surface area contributed by atoms with Crippen molar-refractivity contribution in [2.75, 3.05) is 6.54 Å². The maximum atomic E-state index is 10.6. The SMILES string of the molecule is O=C(O)N1CC([SiH3])C1=O. The first-order chi connectivity index (χ1) is 4.13. The molecule has 1 aliphatic rings. The number of nitrogens with zero attached hydrogens (tertiary/aromatic N) is 1. The number of carbonyl (C=O) groups is 2. The predicted octanol–water partition coefficient (Wildman–Crippen LogP) is -1.34. The van der Waals surface area contributed by atoms with Gasteiger partial charge in [-0.25, -0.2) is 9.69 Å². The zero-order valence-corrected chi connectivity index (χ0v) is 7.00. The van der Waals surface area contributed by atoms with Gasteiger partial charge in [0.25, 0.3) is 0 Å². The summed E-state index contributed by atoms with van der Waals surface area (Å²) in [5, 5.41) is 8.24. The molecule has 0 aromatic heterocycles. The van der Waals surface area contributed by atoms with Crippen LogP contribution in [0.4, 0.5) is 4.79 Å². The quantitative estimate of drug-likeness (QED) is 0.339. The van der Waals surface area contributed by atoms with Crippen LogP contribution in [-0.2, 0) is 4.79 Å². The molecular weight excluding hydrogens is 138 g/mol. The summed E-state index contributed by atoms with van der Waals surface area (Å²) in [6.07, 6.45) is -1.12. The molecule has 0 aromatic rings. The van der Waals surface area contributed by atoms with Gasteiger partial charge < -0.3 is 5.11 Å². The van der Waals surface area contributed by atoms with Gasteiger partial charge in [-0.1, -0.05) is 0 Å². The molecule has 1 saturated heterocycles. The molecule has 0 bridgehead atoms. The van der Waals surface area contributed by atoms with Gasteiger partial charge in [0.15, 0.2) is 0 Å². The Kier molecular flexibility index (Phi) is 1.28. The molecule has 0 aliphatic carbocycles. The van der Waals surface area contributed by atoms with E-state index in [2.05, 4.69) is 0 Å². The minimum Gasteiger partial charge on any atom is -0.465 e. The first kappa shape index (κ1) is 6.28. The number of carbonyl (C=O) groups excluding carboxylic acids is 1. The van der Waals surface area contributed by atoms with Gasteiger partial charge >= 0.3 is 6.09 Å². The van der Waals surface area contributed by atoms with Gasteiger partial charge in [0.2, 0.25) is 5.91 Å². The topological polar surface area (TPSA) is 57.6 Å². The van der Waals surface area contributed by atoms with Crippen molar-refractivity contribution in [1.29, 1.82) is 0 Å². The fraction of sp³-hybridized carbons (Fsp3) is 0.500. The van der Waals surface area contributed by atoms with Crippen LogP contribution >= 0.6 is 0 Å². The van der Waals surface area contributed by atoms with Crippen LogP contribution in [0.25, 0.3) is 0 Å². The Balaban J connectivity index is 2.52. The van der Waals surface area contributed by atoms with E-state index in [1.165, 1.54) is 0 Å². The number of carboxylic acid groups (broad SMARTS) is 1. The van der Waals surface area contributed by atoms with Gasteiger partial charge in [-0.3, -0.25) is 4.79 Å². The fourth-order valence-electron chi connectivity index (χ4n) is 0.768. The first-order valence-electron chi connectivity index (χ1n) is 2.67. The average Bonchev–Trinajstić information content (AvgIpc) is 1.81. The Morgan fingerprint density at radius 1 is 1.89 bits per heavy atom. The molecule has 2 amide bonds. The summed E-state index contributed by atoms with van der Waals surface area (Å²) < 4.78 is 0. The third-order valence-corrected chi connectivity index (χ3v) is 2.23. The summed E-state index contributed by atoms with van der Waals surface area (Å²) in [6.45, 7) is 0.417. The first-order valence-corrected chi connectivity index (χ1v) is 3.82. The molecule has 5 heteroatoms. The van der Waals surface area contributed by atoms with Crippen LogP contribution in [0.3, 0.4) is 0 Å². The van der Waals surface area contributed by atoms with Crippen LogP contribution in [-0.4, -0.2) is 38.8 Å². The second-order valence-corrected chi connectivity index (χ2v) is 3.53. The lowest BCUT2D eigenvalue weighted by Gasteiger charge is -2.31. The number of likely N-dealkylation sites (tertiary alicyclic amines) is 1. The smallest absolute Gasteiger partial charge is 0.414 e. The van der Waals surface area contributed by atoms with Gasteiger partial charge in [0, 0.05) is 22.3 Å². The number of hydrogen-bond acceptors (Lipinski definition) is 2. The molecule has 9 heavy (non-hydrogen) atoms. The van der Waals surface area contributed by atoms with E-state index in [0.29, 0.717) is 6.54 Å². The van der Waals surface area contributed by atoms with Crippen molar-refractivity contribution in [1.82, 2.24) is 4.90 Å². The molecule has 0 radical (unpaired) electrons. The Hall–Kier alpha value is -0.843. The van der Waals surface area contributed by atoms with Crippen LogP contribution in [0, 0.1) is 0 Å². The standard InChI is InChI=1S/C4H7NO3Si/c6-3-2(9)1-5(3)4(7)8/h2H,1H2,9H3,(H,7,8). The summed E-state index contributed by atoms with van der Waals surface area (Å²) in [7, 11) is 0.770. The molecule has 0 saturated carbocycles. The van der Waals surface area contributed by atoms with Crippen LogP contribution < -0.4 is 0 Å². The van der Waals surface area contributed by atoms with Crippen LogP contribution in [0.15, 0.2) is 0 Å². The zero-order chi connectivity index (χ0) is 7.02. The molecule has 1 heterocycles. The highest BCUT2D eigenvalue weighted by Gasteiger charge is 2.36. The molecule has 4 nitrogen and oxygen atoms in total. The number of β-lactam (4-membered cyclic amide) rings is 1. The lowest BCUT2D eigenvalue weighted by molar-refractivity contribution is -0.136. The zero-order valence-electron chi connectivity index (χ0n) is 5.00. The Morgan fingerprint density at radius 2 is 2.44 bits per heavy atom. The highest BCUT2D eigenvalue weighted by Crippen LogP contribution is 2.18. The normalized spacial score (nSPS) is 26.0. The second-order valence-electron chi connectivity index (χ2n) is 2.13. The Labute approximate surface area is 54.9 Å². The van der Waals surface area contributed by atoms with E-state index in [1.54, 1.807) is 0 Å². The molecule has 1 rings (SSSR count). The number of rotatable bonds is 0. The van der Waals surface area contributed by atoms with E-state index in [1.807, 2.05) is 0 Å². The van der Waals surface area contributed by atoms with E-state index in [-0.39, 0.29) is 11.4 Å². The molecule has 1 atom stereocenters. The van der Waals surface area contributed by atoms with Gasteiger partial charge in [-0.05, 0) is 0 Å². The predicted molar refractivity (Wildman–Crippen MR) is 33.4 cm³/mol. The fourth-order valence-corrected chi connectivity index (χ4v) is 1.44. The molecule has 1 fully saturated rings. The summed E-state index contributed by atoms with van der Waals surface area (Å²) in [5.41, 5.74) is 0.0427. The largest absolute Gasteiger partial charge is 0.465 e. The van der Waals surface area contributed by atoms with Crippen molar-refractivity contribution in [2.24, 2.45) is 0 Å². The number of hydrogen-bond donors (Lipinski definition) is 1. The second kappa shape index (κ2) is 1.84. The lowest BCUT2D eigenvalue weighted by Crippen LogP contribution is -2.51. The molecule has 1 aliphatic heterocycles. The number of amides is 2. The average molecular weight is 145 g/mol. The number of imide groups is 1. The Morgan fingerprint density at radius 3 is 2.56 bits per heavy atom. The van der Waals surface area contributed by atoms with Crippen LogP contribution in [0.1, 0.15) is 0 Å². The van der Waals surface area contributed by atoms with Crippen molar-refractivity contribution >= 4 is 22.2 Å².